The van der Waals surface area contributed by atoms with Gasteiger partial charge in [-0.3, -0.25) is 9.59 Å². The Balaban J connectivity index is 1.79. The molecule has 1 aliphatic rings. The van der Waals surface area contributed by atoms with Crippen molar-refractivity contribution in [2.45, 2.75) is 33.1 Å². The van der Waals surface area contributed by atoms with Crippen LogP contribution in [-0.2, 0) is 16.0 Å². The van der Waals surface area contributed by atoms with Gasteiger partial charge >= 0.3 is 5.97 Å². The van der Waals surface area contributed by atoms with E-state index in [9.17, 15) is 9.59 Å². The number of hydrogen-bond acceptors (Lipinski definition) is 5. The summed E-state index contributed by atoms with van der Waals surface area (Å²) in [6, 6.07) is 11.2. The fourth-order valence-corrected chi connectivity index (χ4v) is 3.12. The zero-order chi connectivity index (χ0) is 19.4. The number of carbonyl (C=O) groups excluding carboxylic acids is 2. The fourth-order valence-electron chi connectivity index (χ4n) is 3.12. The van der Waals surface area contributed by atoms with Crippen LogP contribution >= 0.6 is 0 Å². The molecule has 0 spiro atoms. The Kier molecular flexibility index (Phi) is 5.91. The zero-order valence-corrected chi connectivity index (χ0v) is 16.0. The smallest absolute Gasteiger partial charge is 0.313 e. The second-order valence-electron chi connectivity index (χ2n) is 6.81. The molecule has 27 heavy (non-hydrogen) atoms. The molecule has 0 saturated carbocycles. The van der Waals surface area contributed by atoms with Crippen molar-refractivity contribution in [3.8, 4) is 11.5 Å². The first-order valence-corrected chi connectivity index (χ1v) is 9.31. The number of ether oxygens (including phenoxy) is 2. The third-order valence-corrected chi connectivity index (χ3v) is 4.72. The van der Waals surface area contributed by atoms with E-state index in [2.05, 4.69) is 5.32 Å². The maximum absolute atomic E-state index is 12.8. The Bertz CT molecular complexity index is 859. The number of rotatable bonds is 6. The number of hydrogen-bond donors (Lipinski definition) is 1. The summed E-state index contributed by atoms with van der Waals surface area (Å²) >= 11 is 0. The summed E-state index contributed by atoms with van der Waals surface area (Å²) in [4.78, 5) is 25.0. The van der Waals surface area contributed by atoms with Crippen molar-refractivity contribution in [1.29, 1.82) is 0 Å². The lowest BCUT2D eigenvalue weighted by Gasteiger charge is -2.14. The molecule has 0 fully saturated rings. The Morgan fingerprint density at radius 1 is 1.22 bits per heavy atom. The van der Waals surface area contributed by atoms with Gasteiger partial charge in [0.2, 0.25) is 0 Å². The molecule has 0 radical (unpaired) electrons. The van der Waals surface area contributed by atoms with Gasteiger partial charge in [0.05, 0.1) is 11.5 Å². The minimum Gasteiger partial charge on any atom is -0.464 e. The molecule has 0 amide bonds. The number of carbonyl (C=O) groups is 2. The van der Waals surface area contributed by atoms with Crippen LogP contribution in [0.1, 0.15) is 46.8 Å². The van der Waals surface area contributed by atoms with Crippen LogP contribution in [-0.4, -0.2) is 31.4 Å². The molecular weight excluding hydrogens is 342 g/mol. The second-order valence-corrected chi connectivity index (χ2v) is 6.81. The molecule has 1 aliphatic heterocycles. The fraction of sp³-hybridized carbons (Fsp3) is 0.364. The van der Waals surface area contributed by atoms with Gasteiger partial charge in [0.1, 0.15) is 18.1 Å². The molecule has 0 aliphatic carbocycles. The van der Waals surface area contributed by atoms with E-state index in [0.29, 0.717) is 30.2 Å². The highest BCUT2D eigenvalue weighted by Crippen LogP contribution is 2.35. The first-order chi connectivity index (χ1) is 13.0. The van der Waals surface area contributed by atoms with Crippen molar-refractivity contribution in [3.05, 3.63) is 58.7 Å². The minimum atomic E-state index is -0.447. The van der Waals surface area contributed by atoms with Crippen molar-refractivity contribution >= 4 is 11.8 Å². The van der Waals surface area contributed by atoms with Crippen LogP contribution in [0, 0.1) is 6.92 Å². The summed E-state index contributed by atoms with van der Waals surface area (Å²) in [7, 11) is 0. The van der Waals surface area contributed by atoms with E-state index in [1.165, 1.54) is 0 Å². The van der Waals surface area contributed by atoms with Gasteiger partial charge in [0.25, 0.3) is 0 Å². The van der Waals surface area contributed by atoms with Crippen molar-refractivity contribution in [1.82, 2.24) is 5.32 Å². The average Bonchev–Trinajstić information content (AvgIpc) is 2.79. The van der Waals surface area contributed by atoms with Crippen LogP contribution in [0.3, 0.4) is 0 Å². The van der Waals surface area contributed by atoms with Crippen LogP contribution in [0.2, 0.25) is 0 Å². The lowest BCUT2D eigenvalue weighted by Crippen LogP contribution is -2.22. The van der Waals surface area contributed by atoms with Gasteiger partial charge in [0.15, 0.2) is 5.78 Å². The third-order valence-electron chi connectivity index (χ3n) is 4.72. The maximum Gasteiger partial charge on any atom is 0.313 e. The zero-order valence-electron chi connectivity index (χ0n) is 16.0. The summed E-state index contributed by atoms with van der Waals surface area (Å²) in [6.07, 6.45) is 0.287. The highest BCUT2D eigenvalue weighted by Gasteiger charge is 2.24. The first kappa shape index (κ1) is 19.1. The number of likely N-dealkylation sites (N-methyl/N-ethyl adjacent to an activating group) is 1. The van der Waals surface area contributed by atoms with Gasteiger partial charge < -0.3 is 14.8 Å². The Labute approximate surface area is 159 Å². The quantitative estimate of drug-likeness (QED) is 0.622. The SMILES string of the molecule is CCNCCOC(=O)C(C)c1ccc2c(c1)C(=O)Cc1cc(C)ccc1O2. The Morgan fingerprint density at radius 3 is 2.78 bits per heavy atom. The van der Waals surface area contributed by atoms with Gasteiger partial charge in [-0.25, -0.2) is 0 Å². The average molecular weight is 367 g/mol. The third kappa shape index (κ3) is 4.37. The number of aryl methyl sites for hydroxylation is 1. The molecular formula is C22H25NO4. The molecule has 5 heteroatoms. The predicted octanol–water partition coefficient (Wildman–Crippen LogP) is 3.78. The number of esters is 1. The van der Waals surface area contributed by atoms with Crippen LogP contribution in [0.25, 0.3) is 0 Å². The van der Waals surface area contributed by atoms with Crippen LogP contribution in [0.4, 0.5) is 0 Å². The molecule has 0 bridgehead atoms. The van der Waals surface area contributed by atoms with Crippen molar-refractivity contribution in [2.75, 3.05) is 19.7 Å². The lowest BCUT2D eigenvalue weighted by atomic mass is 9.95. The molecule has 1 atom stereocenters. The standard InChI is InChI=1S/C22H25NO4/c1-4-23-9-10-26-22(25)15(3)16-6-8-21-18(12-16)19(24)13-17-11-14(2)5-7-20(17)27-21/h5-8,11-12,15,23H,4,9-10,13H2,1-3H3. The lowest BCUT2D eigenvalue weighted by molar-refractivity contribution is -0.144. The molecule has 0 aromatic heterocycles. The molecule has 3 rings (SSSR count). The number of Topliss-reactive ketones (excluding diaryl/α,β-unsaturated/α-hetero) is 1. The topological polar surface area (TPSA) is 64.6 Å². The summed E-state index contributed by atoms with van der Waals surface area (Å²) in [6.45, 7) is 7.57. The first-order valence-electron chi connectivity index (χ1n) is 9.31. The molecule has 2 aromatic rings. The maximum atomic E-state index is 12.8. The Morgan fingerprint density at radius 2 is 2.00 bits per heavy atom. The Hall–Kier alpha value is -2.66. The summed E-state index contributed by atoms with van der Waals surface area (Å²) < 4.78 is 11.3. The number of ketones is 1. The molecule has 0 saturated heterocycles. The van der Waals surface area contributed by atoms with E-state index < -0.39 is 5.92 Å². The molecule has 5 nitrogen and oxygen atoms in total. The largest absolute Gasteiger partial charge is 0.464 e. The van der Waals surface area contributed by atoms with Gasteiger partial charge in [-0.1, -0.05) is 30.7 Å². The van der Waals surface area contributed by atoms with E-state index in [4.69, 9.17) is 9.47 Å². The van der Waals surface area contributed by atoms with E-state index in [1.807, 2.05) is 38.1 Å². The molecule has 1 unspecified atom stereocenters. The van der Waals surface area contributed by atoms with E-state index in [1.54, 1.807) is 19.1 Å². The van der Waals surface area contributed by atoms with Crippen LogP contribution in [0.15, 0.2) is 36.4 Å². The summed E-state index contributed by atoms with van der Waals surface area (Å²) in [5, 5.41) is 3.11. The molecule has 2 aromatic carbocycles. The highest BCUT2D eigenvalue weighted by molar-refractivity contribution is 6.01. The summed E-state index contributed by atoms with van der Waals surface area (Å²) in [5.74, 6) is 0.477. The van der Waals surface area contributed by atoms with Gasteiger partial charge in [-0.2, -0.15) is 0 Å². The molecule has 142 valence electrons. The minimum absolute atomic E-state index is 0.0103. The predicted molar refractivity (Wildman–Crippen MR) is 104 cm³/mol. The molecule has 1 N–H and O–H groups in total. The second kappa shape index (κ2) is 8.35. The van der Waals surface area contributed by atoms with Gasteiger partial charge in [0, 0.05) is 18.5 Å². The summed E-state index contributed by atoms with van der Waals surface area (Å²) in [5.41, 5.74) is 3.23. The van der Waals surface area contributed by atoms with Crippen LogP contribution in [0.5, 0.6) is 11.5 Å². The normalized spacial score (nSPS) is 13.8. The number of fused-ring (bicyclic) bond motifs is 2. The van der Waals surface area contributed by atoms with Crippen molar-refractivity contribution in [2.24, 2.45) is 0 Å². The van der Waals surface area contributed by atoms with Crippen LogP contribution < -0.4 is 10.1 Å². The number of benzene rings is 2. The van der Waals surface area contributed by atoms with Crippen molar-refractivity contribution < 1.29 is 19.1 Å². The monoisotopic (exact) mass is 367 g/mol. The molecule has 1 heterocycles. The van der Waals surface area contributed by atoms with Crippen molar-refractivity contribution in [3.63, 3.8) is 0 Å². The van der Waals surface area contributed by atoms with E-state index >= 15 is 0 Å². The van der Waals surface area contributed by atoms with E-state index in [0.717, 1.165) is 23.2 Å². The van der Waals surface area contributed by atoms with E-state index in [-0.39, 0.29) is 18.2 Å². The van der Waals surface area contributed by atoms with Gasteiger partial charge in [-0.05, 0) is 44.2 Å². The van der Waals surface area contributed by atoms with Gasteiger partial charge in [-0.15, -0.1) is 0 Å². The number of nitrogens with one attached hydrogen (secondary N) is 1. The highest BCUT2D eigenvalue weighted by atomic mass is 16.5.